The Labute approximate surface area is 155 Å². The summed E-state index contributed by atoms with van der Waals surface area (Å²) in [6.45, 7) is 1.96. The predicted octanol–water partition coefficient (Wildman–Crippen LogP) is 5.44. The van der Waals surface area contributed by atoms with Crippen LogP contribution >= 0.6 is 15.9 Å². The van der Waals surface area contributed by atoms with Crippen LogP contribution in [0.1, 0.15) is 5.56 Å². The summed E-state index contributed by atoms with van der Waals surface area (Å²) in [6.07, 6.45) is 0. The number of hydrogen-bond acceptors (Lipinski definition) is 2. The van der Waals surface area contributed by atoms with Crippen molar-refractivity contribution in [2.24, 2.45) is 0 Å². The number of carbonyl (C=O) groups is 1. The van der Waals surface area contributed by atoms with E-state index < -0.39 is 0 Å². The molecular weight excluding hydrogens is 378 g/mol. The number of rotatable bonds is 5. The molecule has 1 N–H and O–H groups in total. The van der Waals surface area contributed by atoms with E-state index in [1.165, 1.54) is 0 Å². The molecule has 0 aliphatic carbocycles. The molecule has 3 aromatic carbocycles. The van der Waals surface area contributed by atoms with Crippen molar-refractivity contribution >= 4 is 27.5 Å². The van der Waals surface area contributed by atoms with Crippen LogP contribution in [-0.4, -0.2) is 12.5 Å². The Hall–Kier alpha value is -2.59. The van der Waals surface area contributed by atoms with Crippen molar-refractivity contribution in [2.75, 3.05) is 11.9 Å². The lowest BCUT2D eigenvalue weighted by atomic mass is 10.1. The summed E-state index contributed by atoms with van der Waals surface area (Å²) in [5.74, 6) is 0.446. The standard InChI is InChI=1S/C21H18BrNO2/c1-15-7-10-18(11-8-15)23-21(24)14-25-20-12-9-17(13-19(20)22)16-5-3-2-4-6-16/h2-13H,14H2,1H3,(H,23,24). The normalized spacial score (nSPS) is 10.3. The molecule has 0 aliphatic rings. The number of amides is 1. The summed E-state index contributed by atoms with van der Waals surface area (Å²) in [4.78, 5) is 12.0. The van der Waals surface area contributed by atoms with Crippen LogP contribution in [-0.2, 0) is 4.79 Å². The minimum Gasteiger partial charge on any atom is -0.483 e. The topological polar surface area (TPSA) is 38.3 Å². The summed E-state index contributed by atoms with van der Waals surface area (Å²) in [6, 6.07) is 23.6. The van der Waals surface area contributed by atoms with E-state index in [-0.39, 0.29) is 12.5 Å². The molecule has 1 amide bonds. The Morgan fingerprint density at radius 3 is 2.36 bits per heavy atom. The highest BCUT2D eigenvalue weighted by atomic mass is 79.9. The van der Waals surface area contributed by atoms with Gasteiger partial charge >= 0.3 is 0 Å². The SMILES string of the molecule is Cc1ccc(NC(=O)COc2ccc(-c3ccccc3)cc2Br)cc1. The number of halogens is 1. The van der Waals surface area contributed by atoms with E-state index in [2.05, 4.69) is 33.4 Å². The highest BCUT2D eigenvalue weighted by molar-refractivity contribution is 9.10. The van der Waals surface area contributed by atoms with Crippen molar-refractivity contribution < 1.29 is 9.53 Å². The number of anilines is 1. The maximum atomic E-state index is 12.0. The van der Waals surface area contributed by atoms with Crippen LogP contribution in [0.15, 0.2) is 77.3 Å². The quantitative estimate of drug-likeness (QED) is 0.624. The number of carbonyl (C=O) groups excluding carboxylic acids is 1. The molecule has 0 bridgehead atoms. The second-order valence-corrected chi connectivity index (χ2v) is 6.57. The highest BCUT2D eigenvalue weighted by Gasteiger charge is 2.08. The number of hydrogen-bond donors (Lipinski definition) is 1. The van der Waals surface area contributed by atoms with Crippen LogP contribution in [0, 0.1) is 6.92 Å². The van der Waals surface area contributed by atoms with Crippen molar-refractivity contribution in [3.05, 3.63) is 82.8 Å². The van der Waals surface area contributed by atoms with Crippen LogP contribution in [0.4, 0.5) is 5.69 Å². The molecule has 0 fully saturated rings. The van der Waals surface area contributed by atoms with Crippen LogP contribution in [0.5, 0.6) is 5.75 Å². The zero-order valence-corrected chi connectivity index (χ0v) is 15.4. The Morgan fingerprint density at radius 2 is 1.68 bits per heavy atom. The zero-order valence-electron chi connectivity index (χ0n) is 13.8. The minimum absolute atomic E-state index is 0.0445. The van der Waals surface area contributed by atoms with Gasteiger partial charge in [0, 0.05) is 5.69 Å². The smallest absolute Gasteiger partial charge is 0.262 e. The molecule has 25 heavy (non-hydrogen) atoms. The van der Waals surface area contributed by atoms with Gasteiger partial charge in [0.25, 0.3) is 5.91 Å². The molecule has 0 saturated heterocycles. The molecule has 3 aromatic rings. The van der Waals surface area contributed by atoms with E-state index in [0.29, 0.717) is 5.75 Å². The summed E-state index contributed by atoms with van der Waals surface area (Å²) in [7, 11) is 0. The van der Waals surface area contributed by atoms with Gasteiger partial charge < -0.3 is 10.1 Å². The number of nitrogens with one attached hydrogen (secondary N) is 1. The largest absolute Gasteiger partial charge is 0.483 e. The first kappa shape index (κ1) is 17.2. The van der Waals surface area contributed by atoms with Crippen molar-refractivity contribution in [2.45, 2.75) is 6.92 Å². The summed E-state index contributed by atoms with van der Waals surface area (Å²) >= 11 is 3.51. The van der Waals surface area contributed by atoms with Crippen molar-refractivity contribution in [1.82, 2.24) is 0 Å². The van der Waals surface area contributed by atoms with Gasteiger partial charge in [-0.2, -0.15) is 0 Å². The third-order valence-electron chi connectivity index (χ3n) is 3.73. The zero-order chi connectivity index (χ0) is 17.6. The van der Waals surface area contributed by atoms with Gasteiger partial charge in [0.1, 0.15) is 5.75 Å². The van der Waals surface area contributed by atoms with E-state index in [1.54, 1.807) is 0 Å². The molecule has 0 spiro atoms. The molecule has 0 atom stereocenters. The Bertz CT molecular complexity index is 861. The molecular formula is C21H18BrNO2. The van der Waals surface area contributed by atoms with Gasteiger partial charge in [-0.15, -0.1) is 0 Å². The first-order valence-corrected chi connectivity index (χ1v) is 8.75. The fraction of sp³-hybridized carbons (Fsp3) is 0.0952. The summed E-state index contributed by atoms with van der Waals surface area (Å²) in [5.41, 5.74) is 4.13. The second-order valence-electron chi connectivity index (χ2n) is 5.71. The number of ether oxygens (including phenoxy) is 1. The summed E-state index contributed by atoms with van der Waals surface area (Å²) < 4.78 is 6.44. The number of aryl methyl sites for hydroxylation is 1. The lowest BCUT2D eigenvalue weighted by molar-refractivity contribution is -0.118. The fourth-order valence-electron chi connectivity index (χ4n) is 2.41. The van der Waals surface area contributed by atoms with Gasteiger partial charge in [0.2, 0.25) is 0 Å². The maximum Gasteiger partial charge on any atom is 0.262 e. The molecule has 0 unspecified atom stereocenters. The van der Waals surface area contributed by atoms with E-state index in [1.807, 2.05) is 67.6 Å². The molecule has 0 heterocycles. The van der Waals surface area contributed by atoms with Crippen molar-refractivity contribution in [3.8, 4) is 16.9 Å². The molecule has 0 saturated carbocycles. The predicted molar refractivity (Wildman–Crippen MR) is 105 cm³/mol. The lowest BCUT2D eigenvalue weighted by Crippen LogP contribution is -2.20. The van der Waals surface area contributed by atoms with Crippen molar-refractivity contribution in [3.63, 3.8) is 0 Å². The van der Waals surface area contributed by atoms with Gasteiger partial charge in [-0.1, -0.05) is 54.1 Å². The van der Waals surface area contributed by atoms with Gasteiger partial charge in [-0.3, -0.25) is 4.79 Å². The average Bonchev–Trinajstić information content (AvgIpc) is 2.63. The van der Waals surface area contributed by atoms with Gasteiger partial charge in [-0.25, -0.2) is 0 Å². The molecule has 0 radical (unpaired) electrons. The first-order chi connectivity index (χ1) is 12.1. The minimum atomic E-state index is -0.192. The van der Waals surface area contributed by atoms with Crippen LogP contribution in [0.25, 0.3) is 11.1 Å². The number of benzene rings is 3. The van der Waals surface area contributed by atoms with E-state index in [0.717, 1.165) is 26.9 Å². The third kappa shape index (κ3) is 4.70. The third-order valence-corrected chi connectivity index (χ3v) is 4.35. The lowest BCUT2D eigenvalue weighted by Gasteiger charge is -2.10. The highest BCUT2D eigenvalue weighted by Crippen LogP contribution is 2.30. The Kier molecular flexibility index (Phi) is 5.51. The van der Waals surface area contributed by atoms with Crippen LogP contribution < -0.4 is 10.1 Å². The maximum absolute atomic E-state index is 12.0. The summed E-state index contributed by atoms with van der Waals surface area (Å²) in [5, 5.41) is 2.82. The molecule has 3 nitrogen and oxygen atoms in total. The molecule has 0 aromatic heterocycles. The first-order valence-electron chi connectivity index (χ1n) is 7.96. The van der Waals surface area contributed by atoms with Gasteiger partial charge in [0.15, 0.2) is 6.61 Å². The molecule has 126 valence electrons. The monoisotopic (exact) mass is 395 g/mol. The molecule has 0 aliphatic heterocycles. The fourth-order valence-corrected chi connectivity index (χ4v) is 2.90. The van der Waals surface area contributed by atoms with E-state index in [4.69, 9.17) is 4.74 Å². The van der Waals surface area contributed by atoms with Crippen LogP contribution in [0.3, 0.4) is 0 Å². The Balaban J connectivity index is 1.61. The van der Waals surface area contributed by atoms with Crippen molar-refractivity contribution in [1.29, 1.82) is 0 Å². The molecule has 3 rings (SSSR count). The van der Waals surface area contributed by atoms with E-state index >= 15 is 0 Å². The van der Waals surface area contributed by atoms with Crippen LogP contribution in [0.2, 0.25) is 0 Å². The molecule has 4 heteroatoms. The van der Waals surface area contributed by atoms with Gasteiger partial charge in [-0.05, 0) is 58.2 Å². The van der Waals surface area contributed by atoms with E-state index in [9.17, 15) is 4.79 Å². The Morgan fingerprint density at radius 1 is 0.960 bits per heavy atom. The second kappa shape index (κ2) is 7.99. The average molecular weight is 396 g/mol. The van der Waals surface area contributed by atoms with Gasteiger partial charge in [0.05, 0.1) is 4.47 Å².